The summed E-state index contributed by atoms with van der Waals surface area (Å²) in [6.45, 7) is 0. The molecular formula is C127H75N13. The normalized spacial score (nSPS) is 12.3. The van der Waals surface area contributed by atoms with Crippen LogP contribution in [-0.4, -0.2) is 60.1 Å². The van der Waals surface area contributed by atoms with E-state index in [0.717, 1.165) is 149 Å². The molecule has 37 aromatic rings. The Morgan fingerprint density at radius 3 is 0.779 bits per heavy atom. The molecule has 0 saturated heterocycles. The number of hydrogen-bond donors (Lipinski definition) is 0. The first-order chi connectivity index (χ1) is 69.4. The van der Waals surface area contributed by atoms with Gasteiger partial charge in [0.15, 0.2) is 0 Å². The van der Waals surface area contributed by atoms with Crippen LogP contribution >= 0.6 is 0 Å². The van der Waals surface area contributed by atoms with Gasteiger partial charge in [-0.3, -0.25) is 27.6 Å². The Bertz CT molecular complexity index is 10600. The molecule has 140 heavy (non-hydrogen) atoms. The fourth-order valence-electron chi connectivity index (χ4n) is 23.4. The zero-order chi connectivity index (χ0) is 91.2. The number of nitrogens with zero attached hydrogens (tertiary/aromatic N) is 13. The molecule has 20 heterocycles. The third-order valence-corrected chi connectivity index (χ3v) is 29.6. The van der Waals surface area contributed by atoms with E-state index >= 15 is 0 Å². The number of pyridine rings is 5. The molecule has 24 bridgehead atoms. The molecule has 13 heteroatoms. The van der Waals surface area contributed by atoms with Gasteiger partial charge in [0.05, 0.1) is 82.8 Å². The van der Waals surface area contributed by atoms with Gasteiger partial charge in [0.25, 0.3) is 0 Å². The van der Waals surface area contributed by atoms with Gasteiger partial charge in [-0.05, 0) is 224 Å². The van der Waals surface area contributed by atoms with Crippen LogP contribution in [0.25, 0.3) is 284 Å². The molecule has 0 atom stereocenters. The van der Waals surface area contributed by atoms with Gasteiger partial charge in [0.2, 0.25) is 0 Å². The first kappa shape index (κ1) is 76.3. The summed E-state index contributed by atoms with van der Waals surface area (Å²) >= 11 is 0. The summed E-state index contributed by atoms with van der Waals surface area (Å²) in [7, 11) is 0. The highest BCUT2D eigenvalue weighted by atomic mass is 15.1. The first-order valence-electron chi connectivity index (χ1n) is 47.7. The maximum atomic E-state index is 5.35. The number of aromatic nitrogens is 13. The van der Waals surface area contributed by atoms with E-state index in [1.165, 1.54) is 135 Å². The zero-order valence-electron chi connectivity index (χ0n) is 75.1. The van der Waals surface area contributed by atoms with Crippen LogP contribution in [0.2, 0.25) is 0 Å². The zero-order valence-corrected chi connectivity index (χ0v) is 75.1. The van der Waals surface area contributed by atoms with Gasteiger partial charge in [-0.25, -0.2) is 15.0 Å². The highest BCUT2D eigenvalue weighted by molar-refractivity contribution is 6.26. The molecule has 0 aliphatic heterocycles. The van der Waals surface area contributed by atoms with Crippen LogP contribution in [0, 0.1) is 0 Å². The molecule has 0 spiro atoms. The summed E-state index contributed by atoms with van der Waals surface area (Å²) in [6.07, 6.45) is 4.12. The quantitative estimate of drug-likeness (QED) is 0.151. The van der Waals surface area contributed by atoms with Crippen molar-refractivity contribution in [2.75, 3.05) is 0 Å². The molecule has 37 rings (SSSR count). The lowest BCUT2D eigenvalue weighted by atomic mass is 10.1. The summed E-state index contributed by atoms with van der Waals surface area (Å²) in [6, 6.07) is 159. The number of rotatable bonds is 0. The Morgan fingerprint density at radius 1 is 0.143 bits per heavy atom. The van der Waals surface area contributed by atoms with Crippen molar-refractivity contribution < 1.29 is 0 Å². The topological polar surface area (TPSA) is 99.7 Å². The molecule has 0 amide bonds. The maximum absolute atomic E-state index is 5.35. The van der Waals surface area contributed by atoms with Crippen molar-refractivity contribution in [3.8, 4) is 0 Å². The monoisotopic (exact) mass is 1780 g/mol. The molecule has 13 nitrogen and oxygen atoms in total. The SMILES string of the molecule is c1cc2cc(c1)c1ccc(cc1)n1c3ccccc3c3ncc4c5ccccc5n(c5ccc2cc5)c4c31.c1cc2cc(c1)c1cccc(c1)n1c3ccccc3c3ncc4c5ccccc5n(c5cccc2c5)c4c31.c1ccc2c(c1)c1cc3c4ccccc4n4c5cccc(c5)c5cccc(c5)n2c1nc34.c1ccc2c(c1)c1cc3c4ccccc4n4c5cccc(n5)c5cccc(c5)n2c1nc34. The maximum Gasteiger partial charge on any atom is 0.149 e. The van der Waals surface area contributed by atoms with Gasteiger partial charge >= 0.3 is 0 Å². The fourth-order valence-corrected chi connectivity index (χ4v) is 23.4. The predicted octanol–water partition coefficient (Wildman–Crippen LogP) is 32.2. The molecule has 0 fully saturated rings. The highest BCUT2D eigenvalue weighted by Crippen LogP contribution is 2.45. The molecule has 0 N–H and O–H groups in total. The van der Waals surface area contributed by atoms with Gasteiger partial charge in [0, 0.05) is 132 Å². The molecule has 0 radical (unpaired) electrons. The lowest BCUT2D eigenvalue weighted by Gasteiger charge is -2.04. The third kappa shape index (κ3) is 11.0. The van der Waals surface area contributed by atoms with Gasteiger partial charge in [-0.1, -0.05) is 273 Å². The van der Waals surface area contributed by atoms with Crippen molar-refractivity contribution in [1.29, 1.82) is 0 Å². The summed E-state index contributed by atoms with van der Waals surface area (Å²) in [5.74, 6) is 0. The summed E-state index contributed by atoms with van der Waals surface area (Å²) in [5, 5.41) is 29.8. The predicted molar refractivity (Wildman–Crippen MR) is 585 cm³/mol. The van der Waals surface area contributed by atoms with Gasteiger partial charge in [-0.2, -0.15) is 0 Å². The molecule has 20 aromatic heterocycles. The fraction of sp³-hybridized carbons (Fsp3) is 0. The molecule has 0 saturated carbocycles. The second kappa shape index (κ2) is 29.2. The lowest BCUT2D eigenvalue weighted by Crippen LogP contribution is -1.91. The minimum Gasteiger partial charge on any atom is -0.307 e. The molecule has 648 valence electrons. The Morgan fingerprint density at radius 2 is 0.400 bits per heavy atom. The van der Waals surface area contributed by atoms with E-state index < -0.39 is 0 Å². The average Bonchev–Trinajstić information content (AvgIpc) is 1.54. The van der Waals surface area contributed by atoms with Gasteiger partial charge in [0.1, 0.15) is 28.2 Å². The summed E-state index contributed by atoms with van der Waals surface area (Å²) in [5.41, 5.74) is 29.7. The van der Waals surface area contributed by atoms with E-state index in [-0.39, 0.29) is 0 Å². The molecule has 0 unspecified atom stereocenters. The summed E-state index contributed by atoms with van der Waals surface area (Å²) in [4.78, 5) is 25.9. The number of fused-ring (bicyclic) bond motifs is 46. The van der Waals surface area contributed by atoms with Crippen molar-refractivity contribution in [3.05, 3.63) is 455 Å². The average molecular weight is 1780 g/mol. The van der Waals surface area contributed by atoms with Crippen molar-refractivity contribution in [3.63, 3.8) is 0 Å². The van der Waals surface area contributed by atoms with Crippen LogP contribution < -0.4 is 0 Å². The molecule has 0 aliphatic rings. The van der Waals surface area contributed by atoms with Gasteiger partial charge in [-0.15, -0.1) is 0 Å². The Kier molecular flexibility index (Phi) is 15.9. The standard InChI is InChI=1S/2C35H21N3.C29H17N3.C28H16N4/c1-3-16-31-28(14-1)30-21-36-33-29-15-2-4-17-32(29)38-27-13-7-11-25(20-27)23-9-5-8-22(18-23)24-10-6-12-26(19-24)37(31)34(30)35(33)38;1-3-10-31-28(8-1)30-21-36-33-29-9-2-4-11-32(29)38-27-18-14-23(15-19-27)25-7-5-6-24(20-25)22-12-16-26(17-13-22)37(31)34(30)35(33)38;1-3-13-26-22(11-1)24-17-25-23-12-2-4-14-27(23)32-21-10-6-8-19(16-21)18-7-5-9-20(15-18)31(26)28(24)30-29(25)32;1-3-12-24-19(9-1)21-16-22-20-10-2-4-13-25(20)32-26-14-6-11-23(29-26)17-7-5-8-18(15-17)31(24)27(21)30-28(22)32/h2*1-21H;1-17H;1-16H. The molecule has 17 aromatic carbocycles. The van der Waals surface area contributed by atoms with Crippen molar-refractivity contribution >= 4 is 284 Å². The van der Waals surface area contributed by atoms with E-state index in [0.29, 0.717) is 0 Å². The Labute approximate surface area is 794 Å². The van der Waals surface area contributed by atoms with E-state index in [2.05, 4.69) is 490 Å². The number of para-hydroxylation sites is 8. The second-order valence-electron chi connectivity index (χ2n) is 37.1. The van der Waals surface area contributed by atoms with Crippen LogP contribution in [0.1, 0.15) is 0 Å². The van der Waals surface area contributed by atoms with Crippen LogP contribution in [-0.2, 0) is 0 Å². The van der Waals surface area contributed by atoms with Crippen LogP contribution in [0.5, 0.6) is 0 Å². The number of benzene rings is 17. The van der Waals surface area contributed by atoms with Crippen LogP contribution in [0.15, 0.2) is 455 Å². The second-order valence-corrected chi connectivity index (χ2v) is 37.1. The lowest BCUT2D eigenvalue weighted by molar-refractivity contribution is 1.20. The first-order valence-corrected chi connectivity index (χ1v) is 47.7. The largest absolute Gasteiger partial charge is 0.307 e. The Hall–Kier alpha value is -19.1. The van der Waals surface area contributed by atoms with E-state index in [9.17, 15) is 0 Å². The van der Waals surface area contributed by atoms with E-state index in [4.69, 9.17) is 24.9 Å². The van der Waals surface area contributed by atoms with E-state index in [1.54, 1.807) is 0 Å². The minimum atomic E-state index is 0.885. The van der Waals surface area contributed by atoms with Gasteiger partial charge < -0.3 is 17.6 Å². The van der Waals surface area contributed by atoms with Crippen LogP contribution in [0.3, 0.4) is 0 Å². The third-order valence-electron chi connectivity index (χ3n) is 29.6. The molecular weight excluding hydrogens is 1710 g/mol. The van der Waals surface area contributed by atoms with Crippen molar-refractivity contribution in [2.24, 2.45) is 0 Å². The van der Waals surface area contributed by atoms with Crippen LogP contribution in [0.4, 0.5) is 0 Å². The highest BCUT2D eigenvalue weighted by Gasteiger charge is 2.25. The Balaban J connectivity index is 0.0000000863. The van der Waals surface area contributed by atoms with Crippen molar-refractivity contribution in [2.45, 2.75) is 0 Å². The molecule has 0 aliphatic carbocycles. The smallest absolute Gasteiger partial charge is 0.149 e. The van der Waals surface area contributed by atoms with E-state index in [1.807, 2.05) is 0 Å². The number of hydrogen-bond acceptors (Lipinski definition) is 5. The minimum absolute atomic E-state index is 0.885. The van der Waals surface area contributed by atoms with Crippen molar-refractivity contribution in [1.82, 2.24) is 60.1 Å². The summed E-state index contributed by atoms with van der Waals surface area (Å²) < 4.78 is 18.7.